The highest BCUT2D eigenvalue weighted by Gasteiger charge is 2.08. The second-order valence-corrected chi connectivity index (χ2v) is 4.72. The normalized spacial score (nSPS) is 10.4. The second-order valence-electron chi connectivity index (χ2n) is 4.07. The highest BCUT2D eigenvalue weighted by atomic mass is 35.5. The van der Waals surface area contributed by atoms with Gasteiger partial charge < -0.3 is 4.74 Å². The fourth-order valence-electron chi connectivity index (χ4n) is 1.69. The van der Waals surface area contributed by atoms with Crippen molar-refractivity contribution in [2.75, 3.05) is 0 Å². The molecular formula is C14H13Cl2NO. The number of rotatable bonds is 3. The number of halogens is 2. The molecular weight excluding hydrogens is 269 g/mol. The molecule has 0 bridgehead atoms. The van der Waals surface area contributed by atoms with E-state index in [4.69, 9.17) is 27.9 Å². The number of aryl methyl sites for hydroxylation is 2. The molecule has 94 valence electrons. The van der Waals surface area contributed by atoms with Gasteiger partial charge >= 0.3 is 0 Å². The molecule has 1 aromatic heterocycles. The summed E-state index contributed by atoms with van der Waals surface area (Å²) < 4.78 is 5.76. The first kappa shape index (κ1) is 13.2. The van der Waals surface area contributed by atoms with Gasteiger partial charge in [0.05, 0.1) is 5.88 Å². The molecule has 2 nitrogen and oxygen atoms in total. The number of pyridine rings is 1. The van der Waals surface area contributed by atoms with Crippen molar-refractivity contribution in [1.29, 1.82) is 0 Å². The molecule has 0 aliphatic rings. The van der Waals surface area contributed by atoms with Crippen LogP contribution in [0.1, 0.15) is 16.7 Å². The van der Waals surface area contributed by atoms with E-state index in [0.717, 1.165) is 27.5 Å². The molecule has 0 saturated heterocycles. The molecule has 0 saturated carbocycles. The van der Waals surface area contributed by atoms with Gasteiger partial charge in [0.25, 0.3) is 0 Å². The molecule has 4 heteroatoms. The third kappa shape index (κ3) is 2.77. The number of benzene rings is 1. The standard InChI is InChI=1S/C14H13Cl2NO/c1-9-6-12(7-10(2)13(9)16)18-14-11(8-15)4-3-5-17-14/h3-7H,8H2,1-2H3. The van der Waals surface area contributed by atoms with Crippen LogP contribution in [0, 0.1) is 13.8 Å². The average Bonchev–Trinajstić information content (AvgIpc) is 2.36. The van der Waals surface area contributed by atoms with Gasteiger partial charge in [0.1, 0.15) is 5.75 Å². The number of ether oxygens (including phenoxy) is 1. The zero-order valence-corrected chi connectivity index (χ0v) is 11.7. The third-order valence-electron chi connectivity index (χ3n) is 2.62. The first-order valence-corrected chi connectivity index (χ1v) is 6.47. The SMILES string of the molecule is Cc1cc(Oc2ncccc2CCl)cc(C)c1Cl. The van der Waals surface area contributed by atoms with Crippen molar-refractivity contribution in [3.05, 3.63) is 52.2 Å². The maximum atomic E-state index is 6.12. The van der Waals surface area contributed by atoms with Crippen LogP contribution in [0.15, 0.2) is 30.5 Å². The van der Waals surface area contributed by atoms with Crippen LogP contribution in [0.25, 0.3) is 0 Å². The summed E-state index contributed by atoms with van der Waals surface area (Å²) in [6, 6.07) is 7.51. The van der Waals surface area contributed by atoms with Gasteiger partial charge in [-0.2, -0.15) is 0 Å². The quantitative estimate of drug-likeness (QED) is 0.748. The minimum atomic E-state index is 0.370. The average molecular weight is 282 g/mol. The predicted molar refractivity (Wildman–Crippen MR) is 74.8 cm³/mol. The zero-order valence-electron chi connectivity index (χ0n) is 10.2. The van der Waals surface area contributed by atoms with Crippen molar-refractivity contribution in [1.82, 2.24) is 4.98 Å². The van der Waals surface area contributed by atoms with Crippen LogP contribution >= 0.6 is 23.2 Å². The summed E-state index contributed by atoms with van der Waals surface area (Å²) in [5, 5.41) is 0.765. The van der Waals surface area contributed by atoms with Gasteiger partial charge in [-0.05, 0) is 43.2 Å². The lowest BCUT2D eigenvalue weighted by atomic mass is 10.1. The summed E-state index contributed by atoms with van der Waals surface area (Å²) in [7, 11) is 0. The van der Waals surface area contributed by atoms with Crippen molar-refractivity contribution in [2.45, 2.75) is 19.7 Å². The number of alkyl halides is 1. The molecule has 0 aliphatic heterocycles. The van der Waals surface area contributed by atoms with E-state index in [9.17, 15) is 0 Å². The smallest absolute Gasteiger partial charge is 0.223 e. The van der Waals surface area contributed by atoms with E-state index in [0.29, 0.717) is 11.8 Å². The van der Waals surface area contributed by atoms with E-state index in [1.165, 1.54) is 0 Å². The van der Waals surface area contributed by atoms with Crippen molar-refractivity contribution in [3.8, 4) is 11.6 Å². The Morgan fingerprint density at radius 3 is 2.50 bits per heavy atom. The van der Waals surface area contributed by atoms with Gasteiger partial charge in [-0.3, -0.25) is 0 Å². The summed E-state index contributed by atoms with van der Waals surface area (Å²) in [6.07, 6.45) is 1.68. The fourth-order valence-corrected chi connectivity index (χ4v) is 2.01. The predicted octanol–water partition coefficient (Wildman–Crippen LogP) is 4.88. The Labute approximate surface area is 117 Å². The molecule has 0 atom stereocenters. The van der Waals surface area contributed by atoms with E-state index in [1.54, 1.807) is 6.20 Å². The van der Waals surface area contributed by atoms with E-state index >= 15 is 0 Å². The molecule has 0 fully saturated rings. The lowest BCUT2D eigenvalue weighted by Gasteiger charge is -2.10. The van der Waals surface area contributed by atoms with Crippen LogP contribution in [0.5, 0.6) is 11.6 Å². The lowest BCUT2D eigenvalue weighted by molar-refractivity contribution is 0.457. The van der Waals surface area contributed by atoms with Gasteiger partial charge in [0.2, 0.25) is 5.88 Å². The molecule has 0 aliphatic carbocycles. The Hall–Kier alpha value is -1.25. The third-order valence-corrected chi connectivity index (χ3v) is 3.50. The Morgan fingerprint density at radius 1 is 1.22 bits per heavy atom. The second kappa shape index (κ2) is 5.59. The van der Waals surface area contributed by atoms with E-state index in [-0.39, 0.29) is 0 Å². The van der Waals surface area contributed by atoms with Crippen LogP contribution in [-0.4, -0.2) is 4.98 Å². The van der Waals surface area contributed by atoms with Crippen molar-refractivity contribution in [2.24, 2.45) is 0 Å². The molecule has 0 amide bonds. The van der Waals surface area contributed by atoms with Gasteiger partial charge in [-0.25, -0.2) is 4.98 Å². The maximum absolute atomic E-state index is 6.12. The topological polar surface area (TPSA) is 22.1 Å². The molecule has 0 spiro atoms. The molecule has 1 heterocycles. The molecule has 0 N–H and O–H groups in total. The number of aromatic nitrogens is 1. The van der Waals surface area contributed by atoms with E-state index < -0.39 is 0 Å². The summed E-state index contributed by atoms with van der Waals surface area (Å²) in [4.78, 5) is 4.19. The number of nitrogens with zero attached hydrogens (tertiary/aromatic N) is 1. The van der Waals surface area contributed by atoms with Crippen LogP contribution in [0.4, 0.5) is 0 Å². The van der Waals surface area contributed by atoms with Crippen LogP contribution in [0.2, 0.25) is 5.02 Å². The van der Waals surface area contributed by atoms with E-state index in [1.807, 2.05) is 38.1 Å². The number of hydrogen-bond donors (Lipinski definition) is 0. The Morgan fingerprint density at radius 2 is 1.89 bits per heavy atom. The highest BCUT2D eigenvalue weighted by Crippen LogP contribution is 2.30. The highest BCUT2D eigenvalue weighted by molar-refractivity contribution is 6.32. The lowest BCUT2D eigenvalue weighted by Crippen LogP contribution is -1.94. The Bertz CT molecular complexity index is 546. The molecule has 1 aromatic carbocycles. The summed E-state index contributed by atoms with van der Waals surface area (Å²) in [6.45, 7) is 3.89. The molecule has 0 radical (unpaired) electrons. The van der Waals surface area contributed by atoms with Gasteiger partial charge in [0, 0.05) is 16.8 Å². The van der Waals surface area contributed by atoms with Crippen LogP contribution in [0.3, 0.4) is 0 Å². The first-order valence-electron chi connectivity index (χ1n) is 5.56. The minimum Gasteiger partial charge on any atom is -0.439 e. The molecule has 0 unspecified atom stereocenters. The molecule has 2 rings (SSSR count). The van der Waals surface area contributed by atoms with Gasteiger partial charge in [-0.1, -0.05) is 17.7 Å². The van der Waals surface area contributed by atoms with Gasteiger partial charge in [0.15, 0.2) is 0 Å². The van der Waals surface area contributed by atoms with Gasteiger partial charge in [-0.15, -0.1) is 11.6 Å². The Balaban J connectivity index is 2.34. The fraction of sp³-hybridized carbons (Fsp3) is 0.214. The monoisotopic (exact) mass is 281 g/mol. The van der Waals surface area contributed by atoms with Crippen molar-refractivity contribution in [3.63, 3.8) is 0 Å². The summed E-state index contributed by atoms with van der Waals surface area (Å²) in [5.74, 6) is 1.63. The zero-order chi connectivity index (χ0) is 13.1. The largest absolute Gasteiger partial charge is 0.439 e. The van der Waals surface area contributed by atoms with Crippen LogP contribution < -0.4 is 4.74 Å². The van der Waals surface area contributed by atoms with Crippen molar-refractivity contribution >= 4 is 23.2 Å². The molecule has 2 aromatic rings. The maximum Gasteiger partial charge on any atom is 0.223 e. The number of hydrogen-bond acceptors (Lipinski definition) is 2. The Kier molecular flexibility index (Phi) is 4.10. The van der Waals surface area contributed by atoms with E-state index in [2.05, 4.69) is 4.98 Å². The summed E-state index contributed by atoms with van der Waals surface area (Å²) >= 11 is 12.0. The minimum absolute atomic E-state index is 0.370. The van der Waals surface area contributed by atoms with Crippen LogP contribution in [-0.2, 0) is 5.88 Å². The van der Waals surface area contributed by atoms with Crippen molar-refractivity contribution < 1.29 is 4.74 Å². The first-order chi connectivity index (χ1) is 8.61. The molecule has 18 heavy (non-hydrogen) atoms. The summed E-state index contributed by atoms with van der Waals surface area (Å²) in [5.41, 5.74) is 2.83.